The molecular formula is C11H14N2O5. The minimum atomic E-state index is -0.629. The molecule has 2 N–H and O–H groups in total. The molecule has 0 aliphatic rings. The molecule has 0 saturated heterocycles. The number of non-ortho nitro benzene ring substituents is 1. The van der Waals surface area contributed by atoms with Gasteiger partial charge in [-0.25, -0.2) is 0 Å². The third kappa shape index (κ3) is 4.02. The number of phenolic OH excluding ortho intramolecular Hbond substituents is 1. The lowest BCUT2D eigenvalue weighted by atomic mass is 10.2. The van der Waals surface area contributed by atoms with Crippen LogP contribution in [0.1, 0.15) is 13.3 Å². The Morgan fingerprint density at radius 2 is 2.28 bits per heavy atom. The van der Waals surface area contributed by atoms with Crippen LogP contribution in [0.5, 0.6) is 5.75 Å². The number of nitrogens with one attached hydrogen (secondary N) is 1. The van der Waals surface area contributed by atoms with Crippen molar-refractivity contribution < 1.29 is 19.6 Å². The highest BCUT2D eigenvalue weighted by atomic mass is 16.6. The predicted octanol–water partition coefficient (Wildman–Crippen LogP) is 1.67. The molecule has 0 radical (unpaired) electrons. The lowest BCUT2D eigenvalue weighted by Crippen LogP contribution is -2.18. The Labute approximate surface area is 104 Å². The molecule has 7 heteroatoms. The van der Waals surface area contributed by atoms with E-state index in [4.69, 9.17) is 4.74 Å². The van der Waals surface area contributed by atoms with Gasteiger partial charge >= 0.3 is 0 Å². The van der Waals surface area contributed by atoms with Crippen molar-refractivity contribution in [1.29, 1.82) is 0 Å². The van der Waals surface area contributed by atoms with Crippen LogP contribution in [0.3, 0.4) is 0 Å². The van der Waals surface area contributed by atoms with Gasteiger partial charge in [0.2, 0.25) is 5.91 Å². The number of aromatic hydroxyl groups is 1. The molecule has 1 amide bonds. The zero-order chi connectivity index (χ0) is 13.5. The minimum absolute atomic E-state index is 0.116. The van der Waals surface area contributed by atoms with Gasteiger partial charge < -0.3 is 15.2 Å². The summed E-state index contributed by atoms with van der Waals surface area (Å²) in [5.74, 6) is -0.777. The summed E-state index contributed by atoms with van der Waals surface area (Å²) >= 11 is 0. The van der Waals surface area contributed by atoms with Gasteiger partial charge in [-0.3, -0.25) is 14.9 Å². The number of nitro groups is 1. The summed E-state index contributed by atoms with van der Waals surface area (Å²) in [5.41, 5.74) is -0.126. The second-order valence-corrected chi connectivity index (χ2v) is 3.56. The fraction of sp³-hybridized carbons (Fsp3) is 0.364. The predicted molar refractivity (Wildman–Crippen MR) is 64.5 cm³/mol. The molecule has 0 saturated carbocycles. The van der Waals surface area contributed by atoms with E-state index in [-0.39, 0.29) is 23.7 Å². The first-order valence-corrected chi connectivity index (χ1v) is 5.39. The van der Waals surface area contributed by atoms with E-state index < -0.39 is 10.8 Å². The number of amides is 1. The van der Waals surface area contributed by atoms with Crippen molar-refractivity contribution in [2.75, 3.05) is 18.5 Å². The number of hydrogen-bond acceptors (Lipinski definition) is 5. The second kappa shape index (κ2) is 6.55. The van der Waals surface area contributed by atoms with Crippen LogP contribution in [-0.2, 0) is 9.53 Å². The first-order valence-electron chi connectivity index (χ1n) is 5.39. The topological polar surface area (TPSA) is 102 Å². The summed E-state index contributed by atoms with van der Waals surface area (Å²) in [6.07, 6.45) is 0.802. The third-order valence-corrected chi connectivity index (χ3v) is 2.05. The van der Waals surface area contributed by atoms with E-state index in [0.717, 1.165) is 12.5 Å². The Morgan fingerprint density at radius 3 is 2.83 bits per heavy atom. The van der Waals surface area contributed by atoms with E-state index in [1.807, 2.05) is 6.92 Å². The van der Waals surface area contributed by atoms with Crippen LogP contribution < -0.4 is 5.32 Å². The maximum Gasteiger partial charge on any atom is 0.273 e. The van der Waals surface area contributed by atoms with Crippen molar-refractivity contribution in [2.45, 2.75) is 13.3 Å². The van der Waals surface area contributed by atoms with Crippen LogP contribution in [0.4, 0.5) is 11.4 Å². The third-order valence-electron chi connectivity index (χ3n) is 2.05. The second-order valence-electron chi connectivity index (χ2n) is 3.56. The highest BCUT2D eigenvalue weighted by molar-refractivity contribution is 5.93. The number of phenols is 1. The number of benzene rings is 1. The molecule has 0 aromatic heterocycles. The molecule has 0 atom stereocenters. The van der Waals surface area contributed by atoms with E-state index in [1.165, 1.54) is 12.1 Å². The van der Waals surface area contributed by atoms with Gasteiger partial charge in [0.1, 0.15) is 12.4 Å². The van der Waals surface area contributed by atoms with E-state index >= 15 is 0 Å². The summed E-state index contributed by atoms with van der Waals surface area (Å²) in [7, 11) is 0. The molecule has 18 heavy (non-hydrogen) atoms. The van der Waals surface area contributed by atoms with Crippen LogP contribution in [0.25, 0.3) is 0 Å². The van der Waals surface area contributed by atoms with Gasteiger partial charge in [-0.15, -0.1) is 0 Å². The molecule has 1 aromatic rings. The van der Waals surface area contributed by atoms with Gasteiger partial charge in [-0.1, -0.05) is 6.92 Å². The molecule has 0 aliphatic carbocycles. The Kier molecular flexibility index (Phi) is 5.06. The minimum Gasteiger partial charge on any atom is -0.506 e. The van der Waals surface area contributed by atoms with Gasteiger partial charge in [-0.2, -0.15) is 0 Å². The summed E-state index contributed by atoms with van der Waals surface area (Å²) in [4.78, 5) is 21.2. The molecule has 0 aliphatic heterocycles. The lowest BCUT2D eigenvalue weighted by molar-refractivity contribution is -0.384. The number of carbonyl (C=O) groups excluding carboxylic acids is 1. The first-order chi connectivity index (χ1) is 8.54. The SMILES string of the molecule is CCCOCC(=O)Nc1ccc([N+](=O)[O-])cc1O. The van der Waals surface area contributed by atoms with Crippen LogP contribution in [0.2, 0.25) is 0 Å². The lowest BCUT2D eigenvalue weighted by Gasteiger charge is -2.07. The Balaban J connectivity index is 2.62. The van der Waals surface area contributed by atoms with Crippen molar-refractivity contribution in [2.24, 2.45) is 0 Å². The van der Waals surface area contributed by atoms with Gasteiger partial charge in [0.05, 0.1) is 16.7 Å². The summed E-state index contributed by atoms with van der Waals surface area (Å²) < 4.78 is 5.02. The average Bonchev–Trinajstić information content (AvgIpc) is 2.32. The van der Waals surface area contributed by atoms with Crippen LogP contribution >= 0.6 is 0 Å². The molecule has 0 spiro atoms. The normalized spacial score (nSPS) is 10.1. The number of carbonyl (C=O) groups is 1. The van der Waals surface area contributed by atoms with Crippen molar-refractivity contribution in [3.05, 3.63) is 28.3 Å². The molecule has 0 bridgehead atoms. The summed E-state index contributed by atoms with van der Waals surface area (Å²) in [5, 5.41) is 22.3. The highest BCUT2D eigenvalue weighted by Crippen LogP contribution is 2.27. The van der Waals surface area contributed by atoms with E-state index in [0.29, 0.717) is 6.61 Å². The number of ether oxygens (including phenoxy) is 1. The monoisotopic (exact) mass is 254 g/mol. The molecule has 0 unspecified atom stereocenters. The summed E-state index contributed by atoms with van der Waals surface area (Å²) in [6, 6.07) is 3.44. The van der Waals surface area contributed by atoms with E-state index in [1.54, 1.807) is 0 Å². The van der Waals surface area contributed by atoms with Crippen LogP contribution in [0, 0.1) is 10.1 Å². The van der Waals surface area contributed by atoms with Gasteiger partial charge in [0.25, 0.3) is 5.69 Å². The number of rotatable bonds is 6. The van der Waals surface area contributed by atoms with Gasteiger partial charge in [0.15, 0.2) is 0 Å². The Hall–Kier alpha value is -2.15. The zero-order valence-electron chi connectivity index (χ0n) is 9.88. The zero-order valence-corrected chi connectivity index (χ0v) is 9.88. The smallest absolute Gasteiger partial charge is 0.273 e. The van der Waals surface area contributed by atoms with Gasteiger partial charge in [0, 0.05) is 12.7 Å². The summed E-state index contributed by atoms with van der Waals surface area (Å²) in [6.45, 7) is 2.27. The van der Waals surface area contributed by atoms with E-state index in [2.05, 4.69) is 5.32 Å². The Morgan fingerprint density at radius 1 is 1.56 bits per heavy atom. The first kappa shape index (κ1) is 13.9. The number of hydrogen-bond donors (Lipinski definition) is 2. The largest absolute Gasteiger partial charge is 0.506 e. The van der Waals surface area contributed by atoms with Crippen molar-refractivity contribution in [3.8, 4) is 5.75 Å². The molecule has 0 fully saturated rings. The molecule has 1 aromatic carbocycles. The maximum absolute atomic E-state index is 11.4. The Bertz CT molecular complexity index is 447. The molecular weight excluding hydrogens is 240 g/mol. The molecule has 7 nitrogen and oxygen atoms in total. The highest BCUT2D eigenvalue weighted by Gasteiger charge is 2.11. The number of anilines is 1. The van der Waals surface area contributed by atoms with E-state index in [9.17, 15) is 20.0 Å². The van der Waals surface area contributed by atoms with Gasteiger partial charge in [-0.05, 0) is 12.5 Å². The van der Waals surface area contributed by atoms with Crippen molar-refractivity contribution in [1.82, 2.24) is 0 Å². The maximum atomic E-state index is 11.4. The van der Waals surface area contributed by atoms with Crippen LogP contribution in [0.15, 0.2) is 18.2 Å². The van der Waals surface area contributed by atoms with Crippen molar-refractivity contribution in [3.63, 3.8) is 0 Å². The fourth-order valence-electron chi connectivity index (χ4n) is 1.23. The quantitative estimate of drug-likeness (QED) is 0.348. The standard InChI is InChI=1S/C11H14N2O5/c1-2-5-18-7-11(15)12-9-4-3-8(13(16)17)6-10(9)14/h3-4,6,14H,2,5,7H2,1H3,(H,12,15). The molecule has 0 heterocycles. The number of nitrogens with zero attached hydrogens (tertiary/aromatic N) is 1. The molecule has 98 valence electrons. The molecule has 1 rings (SSSR count). The van der Waals surface area contributed by atoms with Crippen molar-refractivity contribution >= 4 is 17.3 Å². The van der Waals surface area contributed by atoms with Crippen LogP contribution in [-0.4, -0.2) is 29.2 Å². The number of nitro benzene ring substituents is 1. The fourth-order valence-corrected chi connectivity index (χ4v) is 1.23. The average molecular weight is 254 g/mol.